The van der Waals surface area contributed by atoms with Gasteiger partial charge in [0.15, 0.2) is 0 Å². The molecular formula is C24H30N2O7S2. The van der Waals surface area contributed by atoms with Gasteiger partial charge in [0.1, 0.15) is 9.88 Å². The number of amides is 1. The number of sulfonamides is 1. The fourth-order valence-corrected chi connectivity index (χ4v) is 6.51. The van der Waals surface area contributed by atoms with Crippen LogP contribution in [-0.2, 0) is 24.3 Å². The van der Waals surface area contributed by atoms with Gasteiger partial charge in [-0.15, -0.1) is 11.3 Å². The number of ether oxygens (including phenoxy) is 2. The molecule has 1 fully saturated rings. The zero-order valence-corrected chi connectivity index (χ0v) is 21.9. The van der Waals surface area contributed by atoms with E-state index in [1.54, 1.807) is 45.0 Å². The summed E-state index contributed by atoms with van der Waals surface area (Å²) in [5.41, 5.74) is 1.42. The van der Waals surface area contributed by atoms with Crippen LogP contribution in [0.3, 0.4) is 0 Å². The lowest BCUT2D eigenvalue weighted by atomic mass is 9.99. The fourth-order valence-electron chi connectivity index (χ4n) is 3.89. The molecular weight excluding hydrogens is 492 g/mol. The number of thiophene rings is 1. The smallest absolute Gasteiger partial charge is 0.348 e. The van der Waals surface area contributed by atoms with Gasteiger partial charge >= 0.3 is 11.9 Å². The quantitative estimate of drug-likeness (QED) is 0.524. The third-order valence-electron chi connectivity index (χ3n) is 5.74. The Kier molecular flexibility index (Phi) is 8.68. The van der Waals surface area contributed by atoms with Gasteiger partial charge in [0, 0.05) is 13.1 Å². The number of hydrogen-bond acceptors (Lipinski definition) is 8. The number of aryl methyl sites for hydroxylation is 1. The summed E-state index contributed by atoms with van der Waals surface area (Å²) >= 11 is 0.946. The number of nitrogens with zero attached hydrogens (tertiary/aromatic N) is 1. The average Bonchev–Trinajstić information content (AvgIpc) is 3.15. The molecule has 3 rings (SSSR count). The molecule has 1 saturated heterocycles. The topological polar surface area (TPSA) is 119 Å². The van der Waals surface area contributed by atoms with E-state index in [0.29, 0.717) is 24.9 Å². The van der Waals surface area contributed by atoms with E-state index in [-0.39, 0.29) is 40.1 Å². The van der Waals surface area contributed by atoms with Crippen LogP contribution in [0.4, 0.5) is 5.00 Å². The van der Waals surface area contributed by atoms with Crippen molar-refractivity contribution in [3.8, 4) is 0 Å². The van der Waals surface area contributed by atoms with Gasteiger partial charge in [-0.05, 0) is 58.2 Å². The Morgan fingerprint density at radius 2 is 1.69 bits per heavy atom. The normalized spacial score (nSPS) is 16.5. The summed E-state index contributed by atoms with van der Waals surface area (Å²) in [6, 6.07) is 6.59. The summed E-state index contributed by atoms with van der Waals surface area (Å²) in [4.78, 5) is 38.5. The molecule has 0 radical (unpaired) electrons. The summed E-state index contributed by atoms with van der Waals surface area (Å²) in [6.07, 6.45) is 1.01. The molecule has 0 saturated carbocycles. The first-order chi connectivity index (χ1) is 16.6. The van der Waals surface area contributed by atoms with E-state index in [0.717, 1.165) is 16.9 Å². The van der Waals surface area contributed by atoms with Crippen molar-refractivity contribution in [2.24, 2.45) is 5.92 Å². The molecule has 35 heavy (non-hydrogen) atoms. The first kappa shape index (κ1) is 26.8. The van der Waals surface area contributed by atoms with E-state index >= 15 is 0 Å². The lowest BCUT2D eigenvalue weighted by molar-refractivity contribution is -0.120. The highest BCUT2D eigenvalue weighted by molar-refractivity contribution is 7.89. The lowest BCUT2D eigenvalue weighted by Crippen LogP contribution is -2.43. The number of benzene rings is 1. The molecule has 1 N–H and O–H groups in total. The van der Waals surface area contributed by atoms with Crippen LogP contribution in [-0.4, -0.2) is 56.9 Å². The van der Waals surface area contributed by atoms with Gasteiger partial charge in [0.25, 0.3) is 0 Å². The van der Waals surface area contributed by atoms with Crippen molar-refractivity contribution in [3.63, 3.8) is 0 Å². The third-order valence-corrected chi connectivity index (χ3v) is 8.80. The summed E-state index contributed by atoms with van der Waals surface area (Å²) < 4.78 is 37.7. The largest absolute Gasteiger partial charge is 0.462 e. The molecule has 2 aromatic rings. The van der Waals surface area contributed by atoms with Crippen molar-refractivity contribution in [2.45, 2.75) is 45.4 Å². The second-order valence-corrected chi connectivity index (χ2v) is 11.2. The summed E-state index contributed by atoms with van der Waals surface area (Å²) in [5, 5.41) is 2.93. The minimum Gasteiger partial charge on any atom is -0.462 e. The van der Waals surface area contributed by atoms with Crippen molar-refractivity contribution in [1.82, 2.24) is 4.31 Å². The summed E-state index contributed by atoms with van der Waals surface area (Å²) in [7, 11) is -3.75. The minimum absolute atomic E-state index is 0.0197. The van der Waals surface area contributed by atoms with Crippen molar-refractivity contribution in [2.75, 3.05) is 31.6 Å². The average molecular weight is 523 g/mol. The number of carbonyl (C=O) groups is 3. The van der Waals surface area contributed by atoms with Gasteiger partial charge in [-0.3, -0.25) is 4.79 Å². The van der Waals surface area contributed by atoms with Crippen LogP contribution < -0.4 is 5.32 Å². The SMILES string of the molecule is CCOC(=O)c1sc(NC(=O)C2CCCN(S(=O)(=O)c3ccc(C)cc3)C2)c(C(=O)OCC)c1C. The van der Waals surface area contributed by atoms with E-state index in [4.69, 9.17) is 9.47 Å². The maximum Gasteiger partial charge on any atom is 0.348 e. The number of esters is 2. The first-order valence-electron chi connectivity index (χ1n) is 11.4. The molecule has 0 spiro atoms. The Balaban J connectivity index is 1.83. The molecule has 2 heterocycles. The van der Waals surface area contributed by atoms with E-state index in [2.05, 4.69) is 5.32 Å². The predicted octanol–water partition coefficient (Wildman–Crippen LogP) is 3.76. The van der Waals surface area contributed by atoms with Gasteiger partial charge in [-0.1, -0.05) is 17.7 Å². The Morgan fingerprint density at radius 3 is 2.31 bits per heavy atom. The van der Waals surface area contributed by atoms with Crippen LogP contribution in [0.5, 0.6) is 0 Å². The number of hydrogen-bond donors (Lipinski definition) is 1. The molecule has 1 aliphatic rings. The Morgan fingerprint density at radius 1 is 1.06 bits per heavy atom. The van der Waals surface area contributed by atoms with E-state index in [1.165, 1.54) is 4.31 Å². The molecule has 1 amide bonds. The van der Waals surface area contributed by atoms with Gasteiger partial charge in [-0.25, -0.2) is 18.0 Å². The first-order valence-corrected chi connectivity index (χ1v) is 13.7. The number of nitrogens with one attached hydrogen (secondary N) is 1. The number of anilines is 1. The Hall–Kier alpha value is -2.76. The van der Waals surface area contributed by atoms with Gasteiger partial charge in [-0.2, -0.15) is 4.31 Å². The second kappa shape index (κ2) is 11.3. The monoisotopic (exact) mass is 522 g/mol. The lowest BCUT2D eigenvalue weighted by Gasteiger charge is -2.31. The maximum absolute atomic E-state index is 13.2. The standard InChI is InChI=1S/C24H30N2O7S2/c1-5-32-23(28)19-16(4)20(24(29)33-6-2)34-22(19)25-21(27)17-8-7-13-26(14-17)35(30,31)18-11-9-15(3)10-12-18/h9-12,17H,5-8,13-14H2,1-4H3,(H,25,27). The zero-order chi connectivity index (χ0) is 25.8. The summed E-state index contributed by atoms with van der Waals surface area (Å²) in [6.45, 7) is 7.45. The molecule has 0 aliphatic carbocycles. The Bertz CT molecular complexity index is 1200. The van der Waals surface area contributed by atoms with Crippen molar-refractivity contribution in [3.05, 3.63) is 45.8 Å². The molecule has 1 atom stereocenters. The molecule has 1 unspecified atom stereocenters. The van der Waals surface area contributed by atoms with Crippen LogP contribution in [0.2, 0.25) is 0 Å². The molecule has 11 heteroatoms. The zero-order valence-electron chi connectivity index (χ0n) is 20.3. The van der Waals surface area contributed by atoms with Crippen molar-refractivity contribution in [1.29, 1.82) is 0 Å². The van der Waals surface area contributed by atoms with Crippen LogP contribution in [0.1, 0.15) is 57.8 Å². The van der Waals surface area contributed by atoms with Gasteiger partial charge in [0.2, 0.25) is 15.9 Å². The van der Waals surface area contributed by atoms with E-state index in [9.17, 15) is 22.8 Å². The highest BCUT2D eigenvalue weighted by Gasteiger charge is 2.35. The molecule has 0 bridgehead atoms. The van der Waals surface area contributed by atoms with Crippen LogP contribution in [0, 0.1) is 19.8 Å². The van der Waals surface area contributed by atoms with Crippen LogP contribution in [0.25, 0.3) is 0 Å². The van der Waals surface area contributed by atoms with Crippen molar-refractivity contribution < 1.29 is 32.3 Å². The third kappa shape index (κ3) is 5.91. The molecule has 190 valence electrons. The highest BCUT2D eigenvalue weighted by atomic mass is 32.2. The van der Waals surface area contributed by atoms with E-state index < -0.39 is 33.8 Å². The molecule has 1 aromatic heterocycles. The molecule has 9 nitrogen and oxygen atoms in total. The Labute approximate surface area is 209 Å². The number of rotatable bonds is 8. The van der Waals surface area contributed by atoms with Crippen LogP contribution in [0.15, 0.2) is 29.2 Å². The van der Waals surface area contributed by atoms with Crippen molar-refractivity contribution >= 4 is 44.2 Å². The highest BCUT2D eigenvalue weighted by Crippen LogP contribution is 2.35. The van der Waals surface area contributed by atoms with Gasteiger partial charge < -0.3 is 14.8 Å². The molecule has 1 aromatic carbocycles. The fraction of sp³-hybridized carbons (Fsp3) is 0.458. The number of piperidine rings is 1. The van der Waals surface area contributed by atoms with Gasteiger partial charge in [0.05, 0.1) is 29.6 Å². The second-order valence-electron chi connectivity index (χ2n) is 8.21. The predicted molar refractivity (Wildman–Crippen MR) is 132 cm³/mol. The number of carbonyl (C=O) groups excluding carboxylic acids is 3. The maximum atomic E-state index is 13.2. The van der Waals surface area contributed by atoms with E-state index in [1.807, 2.05) is 6.92 Å². The molecule has 1 aliphatic heterocycles. The van der Waals surface area contributed by atoms with Crippen LogP contribution >= 0.6 is 11.3 Å². The summed E-state index contributed by atoms with van der Waals surface area (Å²) in [5.74, 6) is -2.28. The minimum atomic E-state index is -3.75.